The molecule has 1 saturated carbocycles. The first kappa shape index (κ1) is 21.8. The first-order chi connectivity index (χ1) is 14.9. The lowest BCUT2D eigenvalue weighted by Crippen LogP contribution is -2.33. The van der Waals surface area contributed by atoms with Crippen LogP contribution in [0.5, 0.6) is 5.75 Å². The molecule has 0 aromatic heterocycles. The molecule has 6 nitrogen and oxygen atoms in total. The fourth-order valence-corrected chi connectivity index (χ4v) is 6.05. The summed E-state index contributed by atoms with van der Waals surface area (Å²) in [5.41, 5.74) is 1.16. The van der Waals surface area contributed by atoms with Gasteiger partial charge in [-0.25, -0.2) is 17.5 Å². The molecule has 8 heteroatoms. The van der Waals surface area contributed by atoms with Crippen LogP contribution in [0, 0.1) is 5.82 Å². The van der Waals surface area contributed by atoms with Gasteiger partial charge < -0.3 is 9.64 Å². The van der Waals surface area contributed by atoms with E-state index in [1.165, 1.54) is 31.4 Å². The van der Waals surface area contributed by atoms with Crippen LogP contribution in [-0.2, 0) is 10.0 Å². The second-order valence-electron chi connectivity index (χ2n) is 8.18. The number of halogens is 1. The summed E-state index contributed by atoms with van der Waals surface area (Å²) in [6.45, 7) is 0.565. The van der Waals surface area contributed by atoms with Gasteiger partial charge in [0.15, 0.2) is 0 Å². The average Bonchev–Trinajstić information content (AvgIpc) is 3.45. The molecule has 0 radical (unpaired) electrons. The Morgan fingerprint density at radius 2 is 1.77 bits per heavy atom. The molecule has 1 atom stereocenters. The maximum absolute atomic E-state index is 13.3. The van der Waals surface area contributed by atoms with E-state index in [-0.39, 0.29) is 34.5 Å². The molecule has 1 unspecified atom stereocenters. The lowest BCUT2D eigenvalue weighted by atomic mass is 10.0. The van der Waals surface area contributed by atoms with Crippen LogP contribution in [-0.4, -0.2) is 38.9 Å². The predicted molar refractivity (Wildman–Crippen MR) is 115 cm³/mol. The average molecular weight is 447 g/mol. The highest BCUT2D eigenvalue weighted by molar-refractivity contribution is 7.89. The van der Waals surface area contributed by atoms with Gasteiger partial charge in [0.25, 0.3) is 5.91 Å². The number of rotatable bonds is 6. The topological polar surface area (TPSA) is 75.7 Å². The van der Waals surface area contributed by atoms with Gasteiger partial charge in [-0.15, -0.1) is 0 Å². The summed E-state index contributed by atoms with van der Waals surface area (Å²) in [5, 5.41) is 0. The number of likely N-dealkylation sites (tertiary alicyclic amines) is 1. The Bertz CT molecular complexity index is 1050. The fraction of sp³-hybridized carbons (Fsp3) is 0.435. The number of hydrogen-bond acceptors (Lipinski definition) is 4. The number of carbonyl (C=O) groups excluding carboxylic acids is 1. The van der Waals surface area contributed by atoms with Crippen molar-refractivity contribution in [2.45, 2.75) is 55.5 Å². The third kappa shape index (κ3) is 4.60. The molecule has 1 saturated heterocycles. The van der Waals surface area contributed by atoms with Gasteiger partial charge in [0.2, 0.25) is 10.0 Å². The summed E-state index contributed by atoms with van der Waals surface area (Å²) in [6, 6.07) is 10.4. The standard InChI is InChI=1S/C23H27FN2O4S/c1-30-21-13-10-17(15-22(21)31(28,29)25-19-5-2-3-6-19)23(27)26-14-4-7-20(26)16-8-11-18(24)12-9-16/h8-13,15,19-20,25H,2-7,14H2,1H3. The van der Waals surface area contributed by atoms with Crippen LogP contribution in [0.15, 0.2) is 47.4 Å². The molecule has 2 aromatic carbocycles. The molecular weight excluding hydrogens is 419 g/mol. The summed E-state index contributed by atoms with van der Waals surface area (Å²) < 4.78 is 47.4. The highest BCUT2D eigenvalue weighted by Crippen LogP contribution is 2.34. The number of methoxy groups -OCH3 is 1. The first-order valence-electron chi connectivity index (χ1n) is 10.7. The lowest BCUT2D eigenvalue weighted by molar-refractivity contribution is 0.0735. The summed E-state index contributed by atoms with van der Waals surface area (Å²) in [4.78, 5) is 15.0. The van der Waals surface area contributed by atoms with Gasteiger partial charge in [-0.2, -0.15) is 0 Å². The van der Waals surface area contributed by atoms with E-state index in [1.54, 1.807) is 23.1 Å². The third-order valence-corrected chi connectivity index (χ3v) is 7.69. The quantitative estimate of drug-likeness (QED) is 0.727. The van der Waals surface area contributed by atoms with E-state index in [2.05, 4.69) is 4.72 Å². The molecule has 2 fully saturated rings. The Balaban J connectivity index is 1.62. The van der Waals surface area contributed by atoms with E-state index in [4.69, 9.17) is 4.74 Å². The minimum atomic E-state index is -3.82. The smallest absolute Gasteiger partial charge is 0.254 e. The summed E-state index contributed by atoms with van der Waals surface area (Å²) >= 11 is 0. The molecule has 1 aliphatic carbocycles. The van der Waals surface area contributed by atoms with Gasteiger partial charge in [0, 0.05) is 18.2 Å². The second-order valence-corrected chi connectivity index (χ2v) is 9.86. The summed E-state index contributed by atoms with van der Waals surface area (Å²) in [7, 11) is -2.41. The number of nitrogens with one attached hydrogen (secondary N) is 1. The number of sulfonamides is 1. The Kier molecular flexibility index (Phi) is 6.29. The largest absolute Gasteiger partial charge is 0.495 e. The van der Waals surface area contributed by atoms with E-state index in [0.29, 0.717) is 12.1 Å². The number of hydrogen-bond donors (Lipinski definition) is 1. The zero-order valence-corrected chi connectivity index (χ0v) is 18.3. The SMILES string of the molecule is COc1ccc(C(=O)N2CCCC2c2ccc(F)cc2)cc1S(=O)(=O)NC1CCCC1. The third-order valence-electron chi connectivity index (χ3n) is 6.15. The maximum atomic E-state index is 13.3. The number of ether oxygens (including phenoxy) is 1. The molecule has 0 spiro atoms. The van der Waals surface area contributed by atoms with Gasteiger partial charge in [-0.05, 0) is 61.6 Å². The van der Waals surface area contributed by atoms with Crippen molar-refractivity contribution in [3.8, 4) is 5.75 Å². The minimum Gasteiger partial charge on any atom is -0.495 e. The van der Waals surface area contributed by atoms with Crippen molar-refractivity contribution in [2.75, 3.05) is 13.7 Å². The molecule has 31 heavy (non-hydrogen) atoms. The molecule has 0 bridgehead atoms. The van der Waals surface area contributed by atoms with E-state index < -0.39 is 10.0 Å². The van der Waals surface area contributed by atoms with Gasteiger partial charge in [0.05, 0.1) is 13.2 Å². The van der Waals surface area contributed by atoms with Crippen LogP contribution < -0.4 is 9.46 Å². The lowest BCUT2D eigenvalue weighted by Gasteiger charge is -2.25. The second kappa shape index (κ2) is 8.96. The summed E-state index contributed by atoms with van der Waals surface area (Å²) in [6.07, 6.45) is 5.24. The molecule has 1 N–H and O–H groups in total. The Hall–Kier alpha value is -2.45. The van der Waals surface area contributed by atoms with Gasteiger partial charge in [-0.1, -0.05) is 25.0 Å². The molecular formula is C23H27FN2O4S. The van der Waals surface area contributed by atoms with Crippen molar-refractivity contribution in [3.63, 3.8) is 0 Å². The van der Waals surface area contributed by atoms with Crippen LogP contribution in [0.2, 0.25) is 0 Å². The van der Waals surface area contributed by atoms with Crippen LogP contribution in [0.4, 0.5) is 4.39 Å². The van der Waals surface area contributed by atoms with Crippen molar-refractivity contribution < 1.29 is 22.3 Å². The highest BCUT2D eigenvalue weighted by Gasteiger charge is 2.32. The van der Waals surface area contributed by atoms with Gasteiger partial charge in [-0.3, -0.25) is 4.79 Å². The molecule has 2 aliphatic rings. The van der Waals surface area contributed by atoms with Crippen LogP contribution >= 0.6 is 0 Å². The number of nitrogens with zero attached hydrogens (tertiary/aromatic N) is 1. The molecule has 1 heterocycles. The van der Waals surface area contributed by atoms with Crippen LogP contribution in [0.3, 0.4) is 0 Å². The van der Waals surface area contributed by atoms with E-state index in [1.807, 2.05) is 0 Å². The van der Waals surface area contributed by atoms with Crippen LogP contribution in [0.25, 0.3) is 0 Å². The van der Waals surface area contributed by atoms with Crippen molar-refractivity contribution in [1.29, 1.82) is 0 Å². The number of amides is 1. The fourth-order valence-electron chi connectivity index (χ4n) is 4.55. The predicted octanol–water partition coefficient (Wildman–Crippen LogP) is 4.03. The van der Waals surface area contributed by atoms with E-state index >= 15 is 0 Å². The highest BCUT2D eigenvalue weighted by atomic mass is 32.2. The van der Waals surface area contributed by atoms with Crippen molar-refractivity contribution in [1.82, 2.24) is 9.62 Å². The zero-order chi connectivity index (χ0) is 22.0. The molecule has 4 rings (SSSR count). The van der Waals surface area contributed by atoms with Crippen molar-refractivity contribution in [3.05, 3.63) is 59.4 Å². The Morgan fingerprint density at radius 1 is 1.06 bits per heavy atom. The van der Waals surface area contributed by atoms with Crippen molar-refractivity contribution in [2.24, 2.45) is 0 Å². The molecule has 2 aromatic rings. The monoisotopic (exact) mass is 446 g/mol. The number of benzene rings is 2. The zero-order valence-electron chi connectivity index (χ0n) is 17.5. The van der Waals surface area contributed by atoms with E-state index in [0.717, 1.165) is 44.1 Å². The first-order valence-corrected chi connectivity index (χ1v) is 12.1. The van der Waals surface area contributed by atoms with Crippen molar-refractivity contribution >= 4 is 15.9 Å². The van der Waals surface area contributed by atoms with Crippen LogP contribution in [0.1, 0.15) is 60.5 Å². The molecule has 166 valence electrons. The normalized spacial score (nSPS) is 19.7. The Labute approximate surface area is 182 Å². The summed E-state index contributed by atoms with van der Waals surface area (Å²) in [5.74, 6) is -0.357. The van der Waals surface area contributed by atoms with Gasteiger partial charge in [0.1, 0.15) is 16.5 Å². The number of carbonyl (C=O) groups is 1. The van der Waals surface area contributed by atoms with Gasteiger partial charge >= 0.3 is 0 Å². The Morgan fingerprint density at radius 3 is 2.45 bits per heavy atom. The van der Waals surface area contributed by atoms with E-state index in [9.17, 15) is 17.6 Å². The molecule has 1 aliphatic heterocycles. The molecule has 1 amide bonds. The minimum absolute atomic E-state index is 0.0229. The maximum Gasteiger partial charge on any atom is 0.254 e.